The fourth-order valence-electron chi connectivity index (χ4n) is 3.46. The Morgan fingerprint density at radius 3 is 2.88 bits per heavy atom. The van der Waals surface area contributed by atoms with Crippen molar-refractivity contribution in [1.29, 1.82) is 0 Å². The highest BCUT2D eigenvalue weighted by Gasteiger charge is 2.19. The first-order chi connectivity index (χ1) is 11.7. The summed E-state index contributed by atoms with van der Waals surface area (Å²) >= 11 is 1.53. The molecule has 24 heavy (non-hydrogen) atoms. The summed E-state index contributed by atoms with van der Waals surface area (Å²) in [5, 5.41) is 2.02. The van der Waals surface area contributed by atoms with Crippen LogP contribution in [0.2, 0.25) is 0 Å². The maximum absolute atomic E-state index is 12.7. The highest BCUT2D eigenvalue weighted by molar-refractivity contribution is 7.15. The van der Waals surface area contributed by atoms with Gasteiger partial charge in [-0.3, -0.25) is 14.1 Å². The monoisotopic (exact) mass is 339 g/mol. The maximum atomic E-state index is 12.7. The van der Waals surface area contributed by atoms with E-state index in [1.807, 2.05) is 35.7 Å². The van der Waals surface area contributed by atoms with Crippen LogP contribution in [0.25, 0.3) is 16.2 Å². The van der Waals surface area contributed by atoms with Gasteiger partial charge < -0.3 is 0 Å². The molecule has 4 rings (SSSR count). The van der Waals surface area contributed by atoms with E-state index in [1.54, 1.807) is 10.5 Å². The van der Waals surface area contributed by atoms with Gasteiger partial charge in [-0.15, -0.1) is 11.3 Å². The van der Waals surface area contributed by atoms with Crippen LogP contribution in [0.15, 0.2) is 46.6 Å². The van der Waals surface area contributed by atoms with Crippen molar-refractivity contribution in [3.63, 3.8) is 0 Å². The van der Waals surface area contributed by atoms with Gasteiger partial charge in [0.05, 0.1) is 11.4 Å². The second kappa shape index (κ2) is 6.49. The van der Waals surface area contributed by atoms with E-state index < -0.39 is 0 Å². The van der Waals surface area contributed by atoms with Crippen LogP contribution in [-0.4, -0.2) is 26.9 Å². The van der Waals surface area contributed by atoms with Crippen molar-refractivity contribution in [2.75, 3.05) is 6.54 Å². The van der Waals surface area contributed by atoms with Gasteiger partial charge in [-0.2, -0.15) is 0 Å². The Morgan fingerprint density at radius 1 is 1.25 bits per heavy atom. The average molecular weight is 339 g/mol. The van der Waals surface area contributed by atoms with E-state index in [2.05, 4.69) is 11.8 Å². The summed E-state index contributed by atoms with van der Waals surface area (Å²) in [7, 11) is 0. The summed E-state index contributed by atoms with van der Waals surface area (Å²) < 4.78 is 1.73. The molecule has 5 heteroatoms. The van der Waals surface area contributed by atoms with Crippen molar-refractivity contribution in [3.8, 4) is 11.3 Å². The molecular formula is C19H21N3OS. The molecule has 0 amide bonds. The van der Waals surface area contributed by atoms with Crippen LogP contribution in [0.3, 0.4) is 0 Å². The van der Waals surface area contributed by atoms with Crippen LogP contribution in [0.4, 0.5) is 0 Å². The molecular weight excluding hydrogens is 318 g/mol. The predicted octanol–water partition coefficient (Wildman–Crippen LogP) is 3.80. The Hall–Kier alpha value is -1.98. The van der Waals surface area contributed by atoms with Crippen molar-refractivity contribution in [2.45, 2.75) is 38.8 Å². The highest BCUT2D eigenvalue weighted by Crippen LogP contribution is 2.24. The quantitative estimate of drug-likeness (QED) is 0.728. The molecule has 0 unspecified atom stereocenters. The highest BCUT2D eigenvalue weighted by atomic mass is 32.1. The van der Waals surface area contributed by atoms with Crippen molar-refractivity contribution < 1.29 is 0 Å². The Balaban J connectivity index is 1.70. The predicted molar refractivity (Wildman–Crippen MR) is 98.5 cm³/mol. The van der Waals surface area contributed by atoms with Crippen LogP contribution in [0, 0.1) is 0 Å². The van der Waals surface area contributed by atoms with Crippen LogP contribution >= 0.6 is 11.3 Å². The minimum atomic E-state index is 0.0137. The average Bonchev–Trinajstić information content (AvgIpc) is 3.02. The molecule has 1 aliphatic rings. The lowest BCUT2D eigenvalue weighted by Crippen LogP contribution is -2.37. The first kappa shape index (κ1) is 15.5. The van der Waals surface area contributed by atoms with Gasteiger partial charge in [-0.05, 0) is 31.9 Å². The molecule has 1 aliphatic heterocycles. The summed E-state index contributed by atoms with van der Waals surface area (Å²) in [5.74, 6) is 0. The van der Waals surface area contributed by atoms with Crippen LogP contribution in [0.5, 0.6) is 0 Å². The molecule has 1 atom stereocenters. The van der Waals surface area contributed by atoms with Crippen LogP contribution in [0.1, 0.15) is 31.9 Å². The van der Waals surface area contributed by atoms with Crippen molar-refractivity contribution in [3.05, 3.63) is 57.8 Å². The first-order valence-corrected chi connectivity index (χ1v) is 9.40. The molecule has 0 aliphatic carbocycles. The van der Waals surface area contributed by atoms with E-state index in [1.165, 1.54) is 30.6 Å². The zero-order chi connectivity index (χ0) is 16.5. The Bertz CT molecular complexity index is 900. The van der Waals surface area contributed by atoms with Gasteiger partial charge >= 0.3 is 0 Å². The molecule has 0 N–H and O–H groups in total. The molecule has 124 valence electrons. The molecule has 1 fully saturated rings. The van der Waals surface area contributed by atoms with Gasteiger partial charge in [0.1, 0.15) is 0 Å². The van der Waals surface area contributed by atoms with E-state index in [0.29, 0.717) is 6.04 Å². The third kappa shape index (κ3) is 2.89. The lowest BCUT2D eigenvalue weighted by molar-refractivity contribution is 0.151. The molecule has 4 nitrogen and oxygen atoms in total. The van der Waals surface area contributed by atoms with Gasteiger partial charge in [-0.25, -0.2) is 4.98 Å². The fourth-order valence-corrected chi connectivity index (χ4v) is 4.38. The van der Waals surface area contributed by atoms with Crippen molar-refractivity contribution in [2.24, 2.45) is 0 Å². The number of hydrogen-bond acceptors (Lipinski definition) is 4. The largest absolute Gasteiger partial charge is 0.295 e. The topological polar surface area (TPSA) is 37.6 Å². The zero-order valence-corrected chi connectivity index (χ0v) is 14.6. The van der Waals surface area contributed by atoms with Gasteiger partial charge in [0.2, 0.25) is 0 Å². The number of aromatic nitrogens is 2. The van der Waals surface area contributed by atoms with Gasteiger partial charge in [0, 0.05) is 24.0 Å². The van der Waals surface area contributed by atoms with Gasteiger partial charge in [0.25, 0.3) is 5.56 Å². The number of piperidine rings is 1. The molecule has 3 heterocycles. The second-order valence-corrected chi connectivity index (χ2v) is 7.34. The molecule has 0 bridgehead atoms. The molecule has 0 radical (unpaired) electrons. The number of hydrogen-bond donors (Lipinski definition) is 0. The third-order valence-corrected chi connectivity index (χ3v) is 5.66. The minimum absolute atomic E-state index is 0.0137. The van der Waals surface area contributed by atoms with Gasteiger partial charge in [-0.1, -0.05) is 36.8 Å². The van der Waals surface area contributed by atoms with Crippen LogP contribution < -0.4 is 5.56 Å². The van der Waals surface area contributed by atoms with E-state index >= 15 is 0 Å². The zero-order valence-electron chi connectivity index (χ0n) is 13.8. The standard InChI is InChI=1S/C19H21N3OS/c1-14-7-5-6-10-21(14)12-16-11-18(23)22-17(13-24-19(22)20-16)15-8-3-2-4-9-15/h2-4,8-9,11,13-14H,5-7,10,12H2,1H3/t14-/m0/s1. The summed E-state index contributed by atoms with van der Waals surface area (Å²) in [5.41, 5.74) is 2.87. The minimum Gasteiger partial charge on any atom is -0.295 e. The smallest absolute Gasteiger partial charge is 0.259 e. The summed E-state index contributed by atoms with van der Waals surface area (Å²) in [6, 6.07) is 12.3. The lowest BCUT2D eigenvalue weighted by Gasteiger charge is -2.32. The summed E-state index contributed by atoms with van der Waals surface area (Å²) in [4.78, 5) is 20.7. The maximum Gasteiger partial charge on any atom is 0.259 e. The number of nitrogens with zero attached hydrogens (tertiary/aromatic N) is 3. The number of fused-ring (bicyclic) bond motifs is 1. The Labute approximate surface area is 145 Å². The second-order valence-electron chi connectivity index (χ2n) is 6.51. The number of likely N-dealkylation sites (tertiary alicyclic amines) is 1. The Kier molecular flexibility index (Phi) is 4.21. The number of thiazole rings is 1. The van der Waals surface area contributed by atoms with Crippen molar-refractivity contribution in [1.82, 2.24) is 14.3 Å². The molecule has 0 spiro atoms. The molecule has 1 saturated heterocycles. The number of rotatable bonds is 3. The lowest BCUT2D eigenvalue weighted by atomic mass is 10.0. The summed E-state index contributed by atoms with van der Waals surface area (Å²) in [6.45, 7) is 4.14. The van der Waals surface area contributed by atoms with E-state index in [4.69, 9.17) is 4.98 Å². The number of benzene rings is 1. The molecule has 0 saturated carbocycles. The SMILES string of the molecule is C[C@H]1CCCCN1Cc1cc(=O)n2c(-c3ccccc3)csc2n1. The molecule has 2 aromatic heterocycles. The first-order valence-electron chi connectivity index (χ1n) is 8.52. The normalized spacial score (nSPS) is 19.0. The van der Waals surface area contributed by atoms with Crippen molar-refractivity contribution >= 4 is 16.3 Å². The fraction of sp³-hybridized carbons (Fsp3) is 0.368. The van der Waals surface area contributed by atoms with E-state index in [9.17, 15) is 4.79 Å². The third-order valence-electron chi connectivity index (χ3n) is 4.83. The van der Waals surface area contributed by atoms with E-state index in [0.717, 1.165) is 35.0 Å². The van der Waals surface area contributed by atoms with E-state index in [-0.39, 0.29) is 5.56 Å². The Morgan fingerprint density at radius 2 is 2.08 bits per heavy atom. The van der Waals surface area contributed by atoms with Crippen LogP contribution in [-0.2, 0) is 6.54 Å². The van der Waals surface area contributed by atoms with Gasteiger partial charge in [0.15, 0.2) is 4.96 Å². The molecule has 3 aromatic rings. The summed E-state index contributed by atoms with van der Waals surface area (Å²) in [6.07, 6.45) is 3.78. The molecule has 1 aromatic carbocycles.